The number of hydrogen-bond acceptors (Lipinski definition) is 5. The Balaban J connectivity index is 1.53. The molecule has 1 aliphatic rings. The Hall–Kier alpha value is -2.34. The molecule has 0 saturated carbocycles. The zero-order valence-corrected chi connectivity index (χ0v) is 14.9. The molecule has 0 amide bonds. The van der Waals surface area contributed by atoms with Crippen LogP contribution in [0.25, 0.3) is 5.78 Å². The van der Waals surface area contributed by atoms with Crippen LogP contribution in [0.1, 0.15) is 48.3 Å². The summed E-state index contributed by atoms with van der Waals surface area (Å²) in [7, 11) is 0. The van der Waals surface area contributed by atoms with Crippen molar-refractivity contribution in [2.45, 2.75) is 45.6 Å². The fourth-order valence-corrected chi connectivity index (χ4v) is 3.68. The maximum atomic E-state index is 4.62. The van der Waals surface area contributed by atoms with Gasteiger partial charge in [0.05, 0.1) is 11.4 Å². The van der Waals surface area contributed by atoms with Crippen LogP contribution in [-0.2, 0) is 13.0 Å². The first-order valence-electron chi connectivity index (χ1n) is 9.06. The first-order chi connectivity index (χ1) is 12.2. The van der Waals surface area contributed by atoms with E-state index < -0.39 is 0 Å². The van der Waals surface area contributed by atoms with Crippen LogP contribution in [0, 0.1) is 6.92 Å². The predicted molar refractivity (Wildman–Crippen MR) is 96.4 cm³/mol. The molecule has 1 atom stereocenters. The van der Waals surface area contributed by atoms with Crippen LogP contribution in [-0.4, -0.2) is 42.6 Å². The lowest BCUT2D eigenvalue weighted by atomic mass is 9.94. The molecule has 0 radical (unpaired) electrons. The number of nitrogens with zero attached hydrogens (tertiary/aromatic N) is 6. The molecule has 0 spiro atoms. The summed E-state index contributed by atoms with van der Waals surface area (Å²) in [4.78, 5) is 15.8. The molecule has 6 heteroatoms. The highest BCUT2D eigenvalue weighted by Crippen LogP contribution is 2.28. The first kappa shape index (κ1) is 16.1. The average Bonchev–Trinajstić information content (AvgIpc) is 3.10. The third kappa shape index (κ3) is 3.39. The second kappa shape index (κ2) is 6.88. The van der Waals surface area contributed by atoms with E-state index in [4.69, 9.17) is 0 Å². The van der Waals surface area contributed by atoms with Crippen LogP contribution in [0.15, 0.2) is 30.7 Å². The van der Waals surface area contributed by atoms with E-state index in [1.165, 1.54) is 24.1 Å². The minimum Gasteiger partial charge on any atom is -0.297 e. The van der Waals surface area contributed by atoms with Crippen molar-refractivity contribution in [3.63, 3.8) is 0 Å². The van der Waals surface area contributed by atoms with E-state index in [9.17, 15) is 0 Å². The Kier molecular flexibility index (Phi) is 4.44. The van der Waals surface area contributed by atoms with Gasteiger partial charge in [0.2, 0.25) is 0 Å². The zero-order valence-electron chi connectivity index (χ0n) is 14.9. The van der Waals surface area contributed by atoms with Crippen LogP contribution in [0.3, 0.4) is 0 Å². The summed E-state index contributed by atoms with van der Waals surface area (Å²) in [6, 6.07) is 6.51. The van der Waals surface area contributed by atoms with Crippen LogP contribution in [0.5, 0.6) is 0 Å². The fraction of sp³-hybridized carbons (Fsp3) is 0.474. The number of hydrogen-bond donors (Lipinski definition) is 0. The quantitative estimate of drug-likeness (QED) is 0.733. The molecule has 1 aliphatic heterocycles. The molecule has 0 aliphatic carbocycles. The third-order valence-corrected chi connectivity index (χ3v) is 5.01. The van der Waals surface area contributed by atoms with Crippen molar-refractivity contribution in [2.75, 3.05) is 13.1 Å². The SMILES string of the molecule is CCc1ccc(CN2CCCC(c3cc(C)nc4ncnn34)C2)nc1. The Morgan fingerprint density at radius 1 is 1.24 bits per heavy atom. The molecule has 0 aromatic carbocycles. The molecule has 4 rings (SSSR count). The van der Waals surface area contributed by atoms with Crippen molar-refractivity contribution < 1.29 is 0 Å². The summed E-state index contributed by atoms with van der Waals surface area (Å²) in [5, 5.41) is 4.38. The van der Waals surface area contributed by atoms with Crippen molar-refractivity contribution in [3.8, 4) is 0 Å². The lowest BCUT2D eigenvalue weighted by Crippen LogP contribution is -2.35. The minimum atomic E-state index is 0.453. The number of piperidine rings is 1. The predicted octanol–water partition coefficient (Wildman–Crippen LogP) is 2.77. The molecule has 3 aromatic heterocycles. The second-order valence-corrected chi connectivity index (χ2v) is 6.88. The standard InChI is InChI=1S/C19H24N6/c1-3-15-6-7-17(20-10-15)12-24-8-4-5-16(11-24)18-9-14(2)23-19-21-13-22-25(18)19/h6-7,9-10,13,16H,3-5,8,11-12H2,1-2H3. The number of aryl methyl sites for hydroxylation is 2. The highest BCUT2D eigenvalue weighted by molar-refractivity contribution is 5.31. The Morgan fingerprint density at radius 2 is 2.16 bits per heavy atom. The Bertz CT molecular complexity index is 854. The van der Waals surface area contributed by atoms with Gasteiger partial charge in [0.1, 0.15) is 6.33 Å². The largest absolute Gasteiger partial charge is 0.297 e. The molecular formula is C19H24N6. The molecule has 4 heterocycles. The van der Waals surface area contributed by atoms with E-state index >= 15 is 0 Å². The van der Waals surface area contributed by atoms with Gasteiger partial charge in [-0.3, -0.25) is 9.88 Å². The highest BCUT2D eigenvalue weighted by Gasteiger charge is 2.24. The molecule has 130 valence electrons. The number of rotatable bonds is 4. The van der Waals surface area contributed by atoms with E-state index in [2.05, 4.69) is 50.1 Å². The van der Waals surface area contributed by atoms with Crippen molar-refractivity contribution >= 4 is 5.78 Å². The number of fused-ring (bicyclic) bond motifs is 1. The summed E-state index contributed by atoms with van der Waals surface area (Å²) in [5.74, 6) is 1.15. The molecule has 0 bridgehead atoms. The summed E-state index contributed by atoms with van der Waals surface area (Å²) in [5.41, 5.74) is 4.67. The van der Waals surface area contributed by atoms with Crippen molar-refractivity contribution in [1.82, 2.24) is 29.5 Å². The summed E-state index contributed by atoms with van der Waals surface area (Å²) < 4.78 is 1.90. The van der Waals surface area contributed by atoms with Gasteiger partial charge < -0.3 is 0 Å². The number of aromatic nitrogens is 5. The van der Waals surface area contributed by atoms with Gasteiger partial charge in [-0.25, -0.2) is 9.50 Å². The molecule has 6 nitrogen and oxygen atoms in total. The number of pyridine rings is 1. The molecule has 25 heavy (non-hydrogen) atoms. The highest BCUT2D eigenvalue weighted by atomic mass is 15.3. The molecule has 1 saturated heterocycles. The van der Waals surface area contributed by atoms with Gasteiger partial charge >= 0.3 is 0 Å². The number of likely N-dealkylation sites (tertiary alicyclic amines) is 1. The van der Waals surface area contributed by atoms with Crippen LogP contribution in [0.2, 0.25) is 0 Å². The summed E-state index contributed by atoms with van der Waals surface area (Å²) >= 11 is 0. The van der Waals surface area contributed by atoms with Crippen LogP contribution in [0.4, 0.5) is 0 Å². The summed E-state index contributed by atoms with van der Waals surface area (Å²) in [6.07, 6.45) is 6.99. The van der Waals surface area contributed by atoms with Gasteiger partial charge in [0.15, 0.2) is 0 Å². The van der Waals surface area contributed by atoms with Crippen molar-refractivity contribution in [3.05, 3.63) is 53.4 Å². The maximum absolute atomic E-state index is 4.62. The fourth-order valence-electron chi connectivity index (χ4n) is 3.68. The van der Waals surface area contributed by atoms with Gasteiger partial charge in [0.25, 0.3) is 5.78 Å². The van der Waals surface area contributed by atoms with Crippen molar-refractivity contribution in [1.29, 1.82) is 0 Å². The van der Waals surface area contributed by atoms with E-state index in [0.29, 0.717) is 11.7 Å². The van der Waals surface area contributed by atoms with Gasteiger partial charge in [-0.05, 0) is 50.4 Å². The van der Waals surface area contributed by atoms with Gasteiger partial charge in [0, 0.05) is 30.9 Å². The van der Waals surface area contributed by atoms with Crippen molar-refractivity contribution in [2.24, 2.45) is 0 Å². The topological polar surface area (TPSA) is 59.2 Å². The van der Waals surface area contributed by atoms with E-state index in [-0.39, 0.29) is 0 Å². The Labute approximate surface area is 147 Å². The second-order valence-electron chi connectivity index (χ2n) is 6.88. The lowest BCUT2D eigenvalue weighted by Gasteiger charge is -2.32. The third-order valence-electron chi connectivity index (χ3n) is 5.01. The lowest BCUT2D eigenvalue weighted by molar-refractivity contribution is 0.195. The monoisotopic (exact) mass is 336 g/mol. The average molecular weight is 336 g/mol. The molecule has 3 aromatic rings. The van der Waals surface area contributed by atoms with E-state index in [1.807, 2.05) is 17.6 Å². The molecule has 1 unspecified atom stereocenters. The van der Waals surface area contributed by atoms with Crippen LogP contribution >= 0.6 is 0 Å². The molecular weight excluding hydrogens is 312 g/mol. The van der Waals surface area contributed by atoms with E-state index in [1.54, 1.807) is 6.33 Å². The Morgan fingerprint density at radius 3 is 2.96 bits per heavy atom. The van der Waals surface area contributed by atoms with Crippen LogP contribution < -0.4 is 0 Å². The molecule has 1 fully saturated rings. The van der Waals surface area contributed by atoms with Gasteiger partial charge in [-0.15, -0.1) is 0 Å². The van der Waals surface area contributed by atoms with Gasteiger partial charge in [-0.1, -0.05) is 13.0 Å². The zero-order chi connectivity index (χ0) is 17.2. The maximum Gasteiger partial charge on any atom is 0.252 e. The summed E-state index contributed by atoms with van der Waals surface area (Å²) in [6.45, 7) is 7.24. The molecule has 0 N–H and O–H groups in total. The first-order valence-corrected chi connectivity index (χ1v) is 9.06. The minimum absolute atomic E-state index is 0.453. The normalized spacial score (nSPS) is 18.7. The smallest absolute Gasteiger partial charge is 0.252 e. The van der Waals surface area contributed by atoms with Gasteiger partial charge in [-0.2, -0.15) is 10.1 Å². The van der Waals surface area contributed by atoms with E-state index in [0.717, 1.165) is 37.4 Å².